The van der Waals surface area contributed by atoms with E-state index in [9.17, 15) is 0 Å². The van der Waals surface area contributed by atoms with Crippen LogP contribution in [0.4, 0.5) is 0 Å². The fraction of sp³-hybridized carbons (Fsp3) is 0.647. The molecule has 12 heteroatoms. The number of hydrogen-bond acceptors (Lipinski definition) is 3. The van der Waals surface area contributed by atoms with E-state index in [1.807, 2.05) is 0 Å². The maximum Gasteiger partial charge on any atom is 0 e. The Labute approximate surface area is 203 Å². The molecule has 2 radical (unpaired) electrons. The molecule has 0 aromatic heterocycles. The van der Waals surface area contributed by atoms with E-state index in [2.05, 4.69) is 67.6 Å². The van der Waals surface area contributed by atoms with Crippen LogP contribution in [0.2, 0.25) is 0 Å². The molecular weight excluding hydrogens is 735 g/mol. The van der Waals surface area contributed by atoms with E-state index in [1.54, 1.807) is 0 Å². The van der Waals surface area contributed by atoms with Crippen molar-refractivity contribution in [3.05, 3.63) is 39.9 Å². The van der Waals surface area contributed by atoms with Crippen LogP contribution in [0.25, 0.3) is 0 Å². The Balaban J connectivity index is -0.0000000125. The normalized spacial score (nSPS) is 4.76. The molecule has 0 atom stereocenters. The van der Waals surface area contributed by atoms with Crippen LogP contribution >= 0.6 is 0 Å². The van der Waals surface area contributed by atoms with Crippen molar-refractivity contribution >= 4 is 0 Å². The van der Waals surface area contributed by atoms with Gasteiger partial charge in [-0.1, -0.05) is 0 Å². The molecule has 0 aliphatic heterocycles. The van der Waals surface area contributed by atoms with Crippen LogP contribution in [0.1, 0.15) is 27.7 Å². The van der Waals surface area contributed by atoms with E-state index in [0.29, 0.717) is 0 Å². The van der Waals surface area contributed by atoms with Crippen LogP contribution in [-0.2, 0) is 68.8 Å². The summed E-state index contributed by atoms with van der Waals surface area (Å²) in [5, 5.41) is 21.0. The van der Waals surface area contributed by atoms with Crippen molar-refractivity contribution in [1.29, 1.82) is 0 Å². The summed E-state index contributed by atoms with van der Waals surface area (Å²) in [7, 11) is 3.00. The topological polar surface area (TPSA) is 180 Å². The molecule has 0 aliphatic carbocycles. The summed E-state index contributed by atoms with van der Waals surface area (Å²) in [5.41, 5.74) is 0. The van der Waals surface area contributed by atoms with E-state index >= 15 is 0 Å². The molecule has 0 heterocycles. The van der Waals surface area contributed by atoms with E-state index in [0.717, 1.165) is 21.3 Å². The molecule has 10 nitrogen and oxygen atoms in total. The van der Waals surface area contributed by atoms with Crippen molar-refractivity contribution in [2.24, 2.45) is 0 Å². The molecule has 0 spiro atoms. The minimum atomic E-state index is 0. The SMILES string of the molecule is CC[N+](CC)(CC)CC.CO.CO.CO.[C-]#[O+].[C-]#[O+].[C-]#[O+].[C-]#[O+].[C-]#[O+].[C-]#[O+].[Re].[Re]. The van der Waals surface area contributed by atoms with Crippen molar-refractivity contribution in [1.82, 2.24) is 0 Å². The standard InChI is InChI=1S/C8H20N.3CH4O.6CO.2Re/c1-5-9(6-2,7-3)8-4;9*1-2;;/h5-8H2,1-4H3;3*2H,1H3;;;;;;;;/q+1;;;;;;;;;;;. The summed E-state index contributed by atoms with van der Waals surface area (Å²) in [6.07, 6.45) is 0. The smallest absolute Gasteiger partial charge is 0 e. The largest absolute Gasteiger partial charge is 0 e. The Kier molecular flexibility index (Phi) is 577. The number of aliphatic hydroxyl groups is 3. The van der Waals surface area contributed by atoms with Gasteiger partial charge in [0.05, 0.1) is 26.2 Å². The zero-order valence-electron chi connectivity index (χ0n) is 17.8. The second-order valence-electron chi connectivity index (χ2n) is 2.61. The molecule has 0 fully saturated rings. The van der Waals surface area contributed by atoms with Gasteiger partial charge in [0.2, 0.25) is 0 Å². The summed E-state index contributed by atoms with van der Waals surface area (Å²) >= 11 is 0. The van der Waals surface area contributed by atoms with Crippen molar-refractivity contribution < 1.29 is 88.6 Å². The first-order chi connectivity index (χ1) is 13.2. The summed E-state index contributed by atoms with van der Waals surface area (Å²) < 4.78 is 46.3. The number of aliphatic hydroxyl groups excluding tert-OH is 3. The monoisotopic (exact) mass is 768 g/mol. The first-order valence-corrected chi connectivity index (χ1v) is 6.66. The molecule has 0 saturated carbocycles. The maximum atomic E-state index is 7.50. The molecule has 172 valence electrons. The van der Waals surface area contributed by atoms with Gasteiger partial charge in [-0.25, -0.2) is 0 Å². The van der Waals surface area contributed by atoms with E-state index in [4.69, 9.17) is 43.2 Å². The third-order valence-corrected chi connectivity index (χ3v) is 2.68. The molecule has 0 saturated heterocycles. The zero-order valence-corrected chi connectivity index (χ0v) is 23.3. The predicted molar refractivity (Wildman–Crippen MR) is 90.4 cm³/mol. The minimum absolute atomic E-state index is 0. The molecule has 0 amide bonds. The minimum Gasteiger partial charge on any atom is 0 e. The van der Waals surface area contributed by atoms with E-state index in [-0.39, 0.29) is 40.8 Å². The summed E-state index contributed by atoms with van der Waals surface area (Å²) in [6, 6.07) is 0. The van der Waals surface area contributed by atoms with Crippen LogP contribution in [0.5, 0.6) is 0 Å². The van der Waals surface area contributed by atoms with Gasteiger partial charge in [0.25, 0.3) is 0 Å². The molecule has 0 bridgehead atoms. The quantitative estimate of drug-likeness (QED) is 0.215. The Morgan fingerprint density at radius 1 is 0.414 bits per heavy atom. The van der Waals surface area contributed by atoms with Gasteiger partial charge >= 0.3 is 67.8 Å². The average molecular weight is 767 g/mol. The van der Waals surface area contributed by atoms with Crippen LogP contribution in [0, 0.1) is 39.9 Å². The fourth-order valence-corrected chi connectivity index (χ4v) is 1.34. The van der Waals surface area contributed by atoms with Gasteiger partial charge in [-0.2, -0.15) is 0 Å². The summed E-state index contributed by atoms with van der Waals surface area (Å²) in [4.78, 5) is 0. The van der Waals surface area contributed by atoms with Gasteiger partial charge in [-0.15, -0.1) is 0 Å². The van der Waals surface area contributed by atoms with Crippen LogP contribution in [0.3, 0.4) is 0 Å². The van der Waals surface area contributed by atoms with Gasteiger partial charge in [-0.3, -0.25) is 0 Å². The van der Waals surface area contributed by atoms with E-state index in [1.165, 1.54) is 30.7 Å². The molecular formula is C17H32NO9Re2+. The first kappa shape index (κ1) is 79.1. The second-order valence-corrected chi connectivity index (χ2v) is 2.61. The molecule has 0 aromatic rings. The molecule has 0 rings (SSSR count). The zero-order chi connectivity index (χ0) is 25.3. The third-order valence-electron chi connectivity index (χ3n) is 2.68. The van der Waals surface area contributed by atoms with Crippen molar-refractivity contribution in [2.75, 3.05) is 47.5 Å². The molecule has 0 aliphatic rings. The first-order valence-electron chi connectivity index (χ1n) is 6.66. The number of quaternary nitrogens is 1. The van der Waals surface area contributed by atoms with Crippen LogP contribution < -0.4 is 0 Å². The molecule has 0 unspecified atom stereocenters. The van der Waals surface area contributed by atoms with Gasteiger partial charge in [-0.05, 0) is 27.7 Å². The van der Waals surface area contributed by atoms with Crippen molar-refractivity contribution in [3.63, 3.8) is 0 Å². The second kappa shape index (κ2) is 212. The van der Waals surface area contributed by atoms with Crippen LogP contribution in [-0.4, -0.2) is 67.3 Å². The van der Waals surface area contributed by atoms with Crippen molar-refractivity contribution in [3.8, 4) is 0 Å². The Bertz CT molecular complexity index is 212. The number of nitrogens with zero attached hydrogens (tertiary/aromatic N) is 1. The predicted octanol–water partition coefficient (Wildman–Crippen LogP) is 0.478. The molecule has 3 N–H and O–H groups in total. The van der Waals surface area contributed by atoms with E-state index < -0.39 is 0 Å². The van der Waals surface area contributed by atoms with Crippen LogP contribution in [0.15, 0.2) is 0 Å². The Morgan fingerprint density at radius 2 is 0.483 bits per heavy atom. The summed E-state index contributed by atoms with van der Waals surface area (Å²) in [5.74, 6) is 0. The summed E-state index contributed by atoms with van der Waals surface area (Å²) in [6.45, 7) is 41.2. The van der Waals surface area contributed by atoms with Crippen molar-refractivity contribution in [2.45, 2.75) is 27.7 Å². The van der Waals surface area contributed by atoms with Gasteiger partial charge in [0.15, 0.2) is 0 Å². The number of rotatable bonds is 4. The number of hydrogen-bond donors (Lipinski definition) is 3. The maximum absolute atomic E-state index is 7.50. The van der Waals surface area contributed by atoms with Gasteiger partial charge in [0, 0.05) is 62.2 Å². The molecule has 0 aromatic carbocycles. The molecule has 29 heavy (non-hydrogen) atoms. The third kappa shape index (κ3) is 134. The Morgan fingerprint density at radius 3 is 0.483 bits per heavy atom. The fourth-order valence-electron chi connectivity index (χ4n) is 1.34. The van der Waals surface area contributed by atoms with Gasteiger partial charge < -0.3 is 19.8 Å². The average Bonchev–Trinajstić information content (AvgIpc) is 2.87. The van der Waals surface area contributed by atoms with Gasteiger partial charge in [0.1, 0.15) is 0 Å². The Hall–Kier alpha value is -0.395.